The Labute approximate surface area is 289 Å². The number of halogens is 3. The Bertz CT molecular complexity index is 2150. The average molecular weight is 698 g/mol. The molecule has 51 heavy (non-hydrogen) atoms. The third-order valence-corrected chi connectivity index (χ3v) is 9.67. The van der Waals surface area contributed by atoms with Crippen LogP contribution < -0.4 is 15.5 Å². The number of amides is 5. The highest BCUT2D eigenvalue weighted by Crippen LogP contribution is 2.45. The summed E-state index contributed by atoms with van der Waals surface area (Å²) < 4.78 is 41.3. The number of alkyl halides is 3. The summed E-state index contributed by atoms with van der Waals surface area (Å²) in [6, 6.07) is 9.10. The molecule has 1 saturated carbocycles. The molecule has 2 aromatic carbocycles. The maximum Gasteiger partial charge on any atom is 0.416 e. The van der Waals surface area contributed by atoms with Crippen LogP contribution in [0.1, 0.15) is 88.5 Å². The molecule has 4 heterocycles. The zero-order valence-electron chi connectivity index (χ0n) is 27.4. The van der Waals surface area contributed by atoms with Crippen LogP contribution in [0.3, 0.4) is 0 Å². The predicted octanol–water partition coefficient (Wildman–Crippen LogP) is 3.91. The molecule has 0 spiro atoms. The molecule has 3 fully saturated rings. The van der Waals surface area contributed by atoms with E-state index in [0.717, 1.165) is 29.9 Å². The number of piperidine rings is 1. The largest absolute Gasteiger partial charge is 0.416 e. The molecule has 1 unspecified atom stereocenters. The summed E-state index contributed by atoms with van der Waals surface area (Å²) >= 11 is 0. The van der Waals surface area contributed by atoms with E-state index in [2.05, 4.69) is 27.6 Å². The van der Waals surface area contributed by atoms with Gasteiger partial charge in [0, 0.05) is 37.1 Å². The fourth-order valence-electron chi connectivity index (χ4n) is 6.41. The maximum atomic E-state index is 13.5. The number of carbonyl (C=O) groups is 5. The lowest BCUT2D eigenvalue weighted by atomic mass is 9.98. The molecular weight excluding hydrogens is 667 g/mol. The Morgan fingerprint density at radius 3 is 2.39 bits per heavy atom. The first-order valence-electron chi connectivity index (χ1n) is 16.3. The Hall–Kier alpha value is -5.96. The van der Waals surface area contributed by atoms with E-state index in [1.54, 1.807) is 32.0 Å². The van der Waals surface area contributed by atoms with Crippen molar-refractivity contribution < 1.29 is 37.1 Å². The van der Waals surface area contributed by atoms with Crippen molar-refractivity contribution in [1.29, 1.82) is 5.26 Å². The van der Waals surface area contributed by atoms with Crippen LogP contribution in [0.4, 0.5) is 24.5 Å². The third-order valence-electron chi connectivity index (χ3n) is 9.67. The minimum Gasteiger partial charge on any atom is -0.369 e. The number of carbonyl (C=O) groups excluding carboxylic acids is 5. The highest BCUT2D eigenvalue weighted by atomic mass is 19.4. The van der Waals surface area contributed by atoms with E-state index in [1.807, 2.05) is 11.0 Å². The highest BCUT2D eigenvalue weighted by molar-refractivity contribution is 6.23. The summed E-state index contributed by atoms with van der Waals surface area (Å²) in [6.07, 6.45) is -1.45. The normalized spacial score (nSPS) is 19.2. The van der Waals surface area contributed by atoms with E-state index in [4.69, 9.17) is 0 Å². The van der Waals surface area contributed by atoms with Gasteiger partial charge in [0.2, 0.25) is 11.8 Å². The standard InChI is InChI=1S/C36H30F3N7O5/c1-35(2,34(51)41-27-10-7-22(36(37,38)39)13-25(27)20-5-6-20)45-18-21(28(15-40)43-45)4-3-19-16-44(17-19)23-8-9-24-26(14-23)33(50)46(32(24)49)29-11-12-30(47)42-31(29)48/h7-10,13-14,18-20,29H,5-6,11-12,16-17H2,1-2H3,(H,41,51)(H,42,47,48). The number of nitrogens with one attached hydrogen (secondary N) is 2. The van der Waals surface area contributed by atoms with Crippen molar-refractivity contribution in [3.8, 4) is 17.9 Å². The fraction of sp³-hybridized carbons (Fsp3) is 0.361. The number of rotatable bonds is 6. The first-order chi connectivity index (χ1) is 24.1. The Balaban J connectivity index is 1.02. The Morgan fingerprint density at radius 2 is 1.73 bits per heavy atom. The molecule has 1 atom stereocenters. The van der Waals surface area contributed by atoms with E-state index < -0.39 is 52.9 Å². The molecule has 1 aliphatic carbocycles. The van der Waals surface area contributed by atoms with Gasteiger partial charge in [-0.3, -0.25) is 38.9 Å². The van der Waals surface area contributed by atoms with E-state index in [-0.39, 0.29) is 41.5 Å². The van der Waals surface area contributed by atoms with E-state index in [9.17, 15) is 42.4 Å². The van der Waals surface area contributed by atoms with Gasteiger partial charge in [0.1, 0.15) is 17.6 Å². The van der Waals surface area contributed by atoms with Crippen LogP contribution in [-0.2, 0) is 26.1 Å². The quantitative estimate of drug-likeness (QED) is 0.290. The number of nitriles is 1. The van der Waals surface area contributed by atoms with Gasteiger partial charge in [-0.15, -0.1) is 0 Å². The van der Waals surface area contributed by atoms with E-state index in [0.29, 0.717) is 35.6 Å². The van der Waals surface area contributed by atoms with Crippen molar-refractivity contribution in [1.82, 2.24) is 20.0 Å². The molecule has 4 aliphatic rings. The van der Waals surface area contributed by atoms with Crippen LogP contribution in [0, 0.1) is 29.1 Å². The summed E-state index contributed by atoms with van der Waals surface area (Å²) in [4.78, 5) is 66.4. The average Bonchev–Trinajstić information content (AvgIpc) is 3.77. The molecule has 7 rings (SSSR count). The maximum absolute atomic E-state index is 13.5. The Kier molecular flexibility index (Phi) is 7.97. The second kappa shape index (κ2) is 12.1. The van der Waals surface area contributed by atoms with Crippen LogP contribution in [0.2, 0.25) is 0 Å². The Morgan fingerprint density at radius 1 is 1.00 bits per heavy atom. The number of fused-ring (bicyclic) bond motifs is 1. The number of anilines is 2. The molecule has 2 N–H and O–H groups in total. The SMILES string of the molecule is CC(C)(C(=O)Nc1ccc(C(F)(F)F)cc1C1CC1)n1cc(C#CC2CN(c3ccc4c(c3)C(=O)N(C3CCC(=O)NC3=O)C4=O)C2)c(C#N)n1. The summed E-state index contributed by atoms with van der Waals surface area (Å²) in [5.74, 6) is 3.11. The molecule has 0 radical (unpaired) electrons. The minimum absolute atomic E-state index is 0.00937. The predicted molar refractivity (Wildman–Crippen MR) is 174 cm³/mol. The number of benzene rings is 2. The molecule has 5 amide bonds. The first-order valence-corrected chi connectivity index (χ1v) is 16.3. The van der Waals surface area contributed by atoms with E-state index in [1.165, 1.54) is 16.9 Å². The summed E-state index contributed by atoms with van der Waals surface area (Å²) in [5, 5.41) is 19.0. The van der Waals surface area contributed by atoms with Gasteiger partial charge in [-0.25, -0.2) is 0 Å². The van der Waals surface area contributed by atoms with Crippen LogP contribution in [0.15, 0.2) is 42.6 Å². The molecule has 1 aromatic heterocycles. The lowest BCUT2D eigenvalue weighted by Crippen LogP contribution is -2.54. The van der Waals surface area contributed by atoms with Crippen molar-refractivity contribution in [2.75, 3.05) is 23.3 Å². The number of nitrogens with zero attached hydrogens (tertiary/aromatic N) is 5. The lowest BCUT2D eigenvalue weighted by molar-refractivity contribution is -0.138. The van der Waals surface area contributed by atoms with Crippen LogP contribution in [0.5, 0.6) is 0 Å². The molecule has 12 nitrogen and oxygen atoms in total. The monoisotopic (exact) mass is 697 g/mol. The molecule has 260 valence electrons. The van der Waals surface area contributed by atoms with Crippen molar-refractivity contribution >= 4 is 40.9 Å². The van der Waals surface area contributed by atoms with Crippen molar-refractivity contribution in [2.24, 2.45) is 5.92 Å². The van der Waals surface area contributed by atoms with E-state index >= 15 is 0 Å². The van der Waals surface area contributed by atoms with Crippen LogP contribution in [-0.4, -0.2) is 63.3 Å². The van der Waals surface area contributed by atoms with Gasteiger partial charge in [0.05, 0.1) is 28.2 Å². The molecule has 15 heteroatoms. The van der Waals surface area contributed by atoms with Gasteiger partial charge in [-0.2, -0.15) is 23.5 Å². The van der Waals surface area contributed by atoms with Crippen LogP contribution >= 0.6 is 0 Å². The summed E-state index contributed by atoms with van der Waals surface area (Å²) in [5.41, 5.74) is -0.00359. The number of aromatic nitrogens is 2. The smallest absolute Gasteiger partial charge is 0.369 e. The number of imide groups is 2. The summed E-state index contributed by atoms with van der Waals surface area (Å²) in [7, 11) is 0. The fourth-order valence-corrected chi connectivity index (χ4v) is 6.41. The third kappa shape index (κ3) is 6.09. The molecule has 3 aromatic rings. The van der Waals surface area contributed by atoms with Gasteiger partial charge in [0.25, 0.3) is 17.7 Å². The minimum atomic E-state index is -4.50. The van der Waals surface area contributed by atoms with Crippen molar-refractivity contribution in [3.05, 3.63) is 76.1 Å². The van der Waals surface area contributed by atoms with Gasteiger partial charge in [-0.05, 0) is 81.0 Å². The highest BCUT2D eigenvalue weighted by Gasteiger charge is 2.45. The van der Waals surface area contributed by atoms with Crippen LogP contribution in [0.25, 0.3) is 0 Å². The number of hydrogen-bond acceptors (Lipinski definition) is 8. The van der Waals surface area contributed by atoms with Gasteiger partial charge in [-0.1, -0.05) is 11.8 Å². The van der Waals surface area contributed by atoms with Crippen molar-refractivity contribution in [3.63, 3.8) is 0 Å². The molecule has 2 saturated heterocycles. The van der Waals surface area contributed by atoms with Gasteiger partial charge < -0.3 is 10.2 Å². The lowest BCUT2D eigenvalue weighted by Gasteiger charge is -2.38. The molecule has 3 aliphatic heterocycles. The van der Waals surface area contributed by atoms with Gasteiger partial charge >= 0.3 is 6.18 Å². The second-order valence-corrected chi connectivity index (χ2v) is 13.6. The molecular formula is C36H30F3N7O5. The first kappa shape index (κ1) is 33.5. The van der Waals surface area contributed by atoms with Crippen molar-refractivity contribution in [2.45, 2.75) is 63.2 Å². The molecule has 0 bridgehead atoms. The van der Waals surface area contributed by atoms with Gasteiger partial charge in [0.15, 0.2) is 5.69 Å². The summed E-state index contributed by atoms with van der Waals surface area (Å²) in [6.45, 7) is 4.14. The topological polar surface area (TPSA) is 158 Å². The second-order valence-electron chi connectivity index (χ2n) is 13.6. The zero-order valence-corrected chi connectivity index (χ0v) is 27.4. The zero-order chi connectivity index (χ0) is 36.4. The number of hydrogen-bond donors (Lipinski definition) is 2.